The molecule has 0 aliphatic carbocycles. The average molecular weight is 156 g/mol. The van der Waals surface area contributed by atoms with Crippen LogP contribution >= 0.6 is 0 Å². The molecule has 8 N–H and O–H groups in total. The highest BCUT2D eigenvalue weighted by molar-refractivity contribution is 6.00. The monoisotopic (exact) mass is 156 g/mol. The van der Waals surface area contributed by atoms with Crippen molar-refractivity contribution in [3.63, 3.8) is 0 Å². The standard InChI is InChI=1S/C5H8N4O2/c6-1-2(7)5(10)11-3(1)4(8)9/h10H,6-7H2,(H3,8,9). The topological polar surface area (TPSA) is 135 Å². The molecule has 0 aliphatic rings. The number of nitrogens with one attached hydrogen (secondary N) is 1. The number of amidine groups is 1. The minimum Gasteiger partial charge on any atom is -0.479 e. The molecule has 0 bridgehead atoms. The lowest BCUT2D eigenvalue weighted by molar-refractivity contribution is 0.332. The van der Waals surface area contributed by atoms with Gasteiger partial charge >= 0.3 is 5.95 Å². The van der Waals surface area contributed by atoms with Gasteiger partial charge < -0.3 is 26.7 Å². The summed E-state index contributed by atoms with van der Waals surface area (Å²) in [5.74, 6) is -0.970. The fraction of sp³-hybridized carbons (Fsp3) is 0. The number of rotatable bonds is 1. The van der Waals surface area contributed by atoms with Crippen molar-refractivity contribution in [1.29, 1.82) is 5.41 Å². The van der Waals surface area contributed by atoms with Crippen molar-refractivity contribution < 1.29 is 9.52 Å². The van der Waals surface area contributed by atoms with Crippen LogP contribution in [0.3, 0.4) is 0 Å². The van der Waals surface area contributed by atoms with Crippen molar-refractivity contribution in [1.82, 2.24) is 0 Å². The highest BCUT2D eigenvalue weighted by atomic mass is 16.5. The van der Waals surface area contributed by atoms with E-state index in [2.05, 4.69) is 4.42 Å². The third-order valence-corrected chi connectivity index (χ3v) is 1.21. The Hall–Kier alpha value is -1.85. The Morgan fingerprint density at radius 3 is 2.09 bits per heavy atom. The van der Waals surface area contributed by atoms with Crippen molar-refractivity contribution in [2.75, 3.05) is 11.5 Å². The number of nitrogens with two attached hydrogens (primary N) is 3. The van der Waals surface area contributed by atoms with Crippen molar-refractivity contribution in [2.24, 2.45) is 5.73 Å². The first-order chi connectivity index (χ1) is 5.04. The molecule has 0 aromatic carbocycles. The summed E-state index contributed by atoms with van der Waals surface area (Å²) in [5.41, 5.74) is 15.5. The van der Waals surface area contributed by atoms with Gasteiger partial charge in [0, 0.05) is 0 Å². The van der Waals surface area contributed by atoms with Crippen molar-refractivity contribution in [2.45, 2.75) is 0 Å². The maximum atomic E-state index is 8.85. The Bertz CT molecular complexity index is 304. The molecule has 11 heavy (non-hydrogen) atoms. The fourth-order valence-corrected chi connectivity index (χ4v) is 0.644. The zero-order chi connectivity index (χ0) is 8.59. The Labute approximate surface area is 62.1 Å². The quantitative estimate of drug-likeness (QED) is 0.274. The largest absolute Gasteiger partial charge is 0.479 e. The lowest BCUT2D eigenvalue weighted by atomic mass is 10.3. The second-order valence-corrected chi connectivity index (χ2v) is 1.98. The molecular formula is C5H8N4O2. The van der Waals surface area contributed by atoms with E-state index in [1.165, 1.54) is 0 Å². The van der Waals surface area contributed by atoms with Crippen LogP contribution in [0, 0.1) is 5.41 Å². The first-order valence-electron chi connectivity index (χ1n) is 2.75. The maximum absolute atomic E-state index is 8.85. The van der Waals surface area contributed by atoms with Crippen LogP contribution in [-0.4, -0.2) is 10.9 Å². The molecule has 0 amide bonds. The molecule has 6 nitrogen and oxygen atoms in total. The molecule has 0 spiro atoms. The van der Waals surface area contributed by atoms with Crippen LogP contribution in [-0.2, 0) is 0 Å². The van der Waals surface area contributed by atoms with E-state index in [4.69, 9.17) is 27.7 Å². The summed E-state index contributed by atoms with van der Waals surface area (Å²) in [5, 5.41) is 15.8. The van der Waals surface area contributed by atoms with Gasteiger partial charge in [-0.15, -0.1) is 0 Å². The van der Waals surface area contributed by atoms with E-state index in [0.29, 0.717) is 0 Å². The predicted octanol–water partition coefficient (Wildman–Crippen LogP) is -0.566. The summed E-state index contributed by atoms with van der Waals surface area (Å²) in [6.45, 7) is 0. The third-order valence-electron chi connectivity index (χ3n) is 1.21. The Morgan fingerprint density at radius 2 is 1.91 bits per heavy atom. The summed E-state index contributed by atoms with van der Waals surface area (Å²) in [4.78, 5) is 0. The minimum absolute atomic E-state index is 0.00463. The number of hydrogen-bond donors (Lipinski definition) is 5. The van der Waals surface area contributed by atoms with Crippen LogP contribution in [0.5, 0.6) is 5.95 Å². The lowest BCUT2D eigenvalue weighted by Crippen LogP contribution is -2.12. The summed E-state index contributed by atoms with van der Waals surface area (Å²) in [6.07, 6.45) is 0. The molecule has 60 valence electrons. The summed E-state index contributed by atoms with van der Waals surface area (Å²) < 4.78 is 4.56. The van der Waals surface area contributed by atoms with Crippen LogP contribution in [0.1, 0.15) is 5.76 Å². The van der Waals surface area contributed by atoms with E-state index in [9.17, 15) is 0 Å². The second kappa shape index (κ2) is 2.08. The molecule has 0 saturated carbocycles. The van der Waals surface area contributed by atoms with Gasteiger partial charge in [-0.1, -0.05) is 0 Å². The second-order valence-electron chi connectivity index (χ2n) is 1.98. The molecule has 0 radical (unpaired) electrons. The molecule has 0 aliphatic heterocycles. The SMILES string of the molecule is N=C(N)c1oc(O)c(N)c1N. The van der Waals surface area contributed by atoms with Gasteiger partial charge in [-0.05, 0) is 0 Å². The maximum Gasteiger partial charge on any atom is 0.308 e. The lowest BCUT2D eigenvalue weighted by Gasteiger charge is -1.91. The van der Waals surface area contributed by atoms with Gasteiger partial charge in [0.1, 0.15) is 11.4 Å². The van der Waals surface area contributed by atoms with Crippen molar-refractivity contribution in [3.05, 3.63) is 5.76 Å². The zero-order valence-corrected chi connectivity index (χ0v) is 5.59. The van der Waals surface area contributed by atoms with Crippen LogP contribution in [0.4, 0.5) is 11.4 Å². The number of furan rings is 1. The van der Waals surface area contributed by atoms with Crippen LogP contribution < -0.4 is 17.2 Å². The number of aromatic hydroxyl groups is 1. The van der Waals surface area contributed by atoms with E-state index >= 15 is 0 Å². The number of nitrogen functional groups attached to an aromatic ring is 3. The van der Waals surface area contributed by atoms with Gasteiger partial charge in [0.15, 0.2) is 11.6 Å². The van der Waals surface area contributed by atoms with Crippen LogP contribution in [0.15, 0.2) is 4.42 Å². The van der Waals surface area contributed by atoms with E-state index in [-0.39, 0.29) is 23.0 Å². The van der Waals surface area contributed by atoms with Gasteiger partial charge in [0.25, 0.3) is 0 Å². The molecule has 1 aromatic rings. The fourth-order valence-electron chi connectivity index (χ4n) is 0.644. The van der Waals surface area contributed by atoms with Gasteiger partial charge in [-0.25, -0.2) is 0 Å². The smallest absolute Gasteiger partial charge is 0.308 e. The van der Waals surface area contributed by atoms with Gasteiger partial charge in [-0.3, -0.25) is 5.41 Å². The first-order valence-corrected chi connectivity index (χ1v) is 2.75. The molecule has 0 fully saturated rings. The molecule has 1 heterocycles. The molecule has 0 saturated heterocycles. The zero-order valence-electron chi connectivity index (χ0n) is 5.59. The normalized spacial score (nSPS) is 9.82. The van der Waals surface area contributed by atoms with Gasteiger partial charge in [-0.2, -0.15) is 0 Å². The molecule has 0 unspecified atom stereocenters. The van der Waals surface area contributed by atoms with Crippen molar-refractivity contribution >= 4 is 17.2 Å². The first kappa shape index (κ1) is 7.26. The van der Waals surface area contributed by atoms with Gasteiger partial charge in [0.2, 0.25) is 0 Å². The Balaban J connectivity index is 3.29. The predicted molar refractivity (Wildman–Crippen MR) is 40.2 cm³/mol. The van der Waals surface area contributed by atoms with E-state index in [1.807, 2.05) is 0 Å². The summed E-state index contributed by atoms with van der Waals surface area (Å²) >= 11 is 0. The average Bonchev–Trinajstić information content (AvgIpc) is 2.17. The van der Waals surface area contributed by atoms with Gasteiger partial charge in [0.05, 0.1) is 0 Å². The van der Waals surface area contributed by atoms with Crippen molar-refractivity contribution in [3.8, 4) is 5.95 Å². The molecular weight excluding hydrogens is 148 g/mol. The molecule has 1 rings (SSSR count). The van der Waals surface area contributed by atoms with E-state index < -0.39 is 5.95 Å². The minimum atomic E-state index is -0.507. The summed E-state index contributed by atoms with van der Waals surface area (Å²) in [7, 11) is 0. The summed E-state index contributed by atoms with van der Waals surface area (Å²) in [6, 6.07) is 0. The van der Waals surface area contributed by atoms with E-state index in [1.54, 1.807) is 0 Å². The number of anilines is 2. The number of hydrogen-bond acceptors (Lipinski definition) is 5. The molecule has 1 aromatic heterocycles. The Morgan fingerprint density at radius 1 is 1.36 bits per heavy atom. The van der Waals surface area contributed by atoms with Crippen LogP contribution in [0.25, 0.3) is 0 Å². The van der Waals surface area contributed by atoms with E-state index in [0.717, 1.165) is 0 Å². The third kappa shape index (κ3) is 0.936. The molecule has 0 atom stereocenters. The highest BCUT2D eigenvalue weighted by Gasteiger charge is 2.16. The van der Waals surface area contributed by atoms with Crippen LogP contribution in [0.2, 0.25) is 0 Å². The highest BCUT2D eigenvalue weighted by Crippen LogP contribution is 2.32. The Kier molecular flexibility index (Phi) is 1.37. The molecule has 6 heteroatoms.